The van der Waals surface area contributed by atoms with Crippen LogP contribution in [0.5, 0.6) is 5.75 Å². The summed E-state index contributed by atoms with van der Waals surface area (Å²) in [5.74, 6) is -0.565. The summed E-state index contributed by atoms with van der Waals surface area (Å²) in [6.45, 7) is 10.4. The maximum absolute atomic E-state index is 11.8. The minimum Gasteiger partial charge on any atom is -0.542 e. The SMILES string of the molecule is [2H]C([2H])([2H])OC(=O)c1ccc(Cl)c(O[Si](C)(C)C(C)(C)C)c1. The lowest BCUT2D eigenvalue weighted by molar-refractivity contribution is 0.0600. The lowest BCUT2D eigenvalue weighted by Crippen LogP contribution is -2.43. The molecule has 0 aliphatic rings. The maximum Gasteiger partial charge on any atom is 0.337 e. The van der Waals surface area contributed by atoms with Crippen LogP contribution in [0.1, 0.15) is 35.2 Å². The van der Waals surface area contributed by atoms with Gasteiger partial charge < -0.3 is 9.16 Å². The van der Waals surface area contributed by atoms with Gasteiger partial charge in [-0.3, -0.25) is 0 Å². The Balaban J connectivity index is 3.08. The number of hydrogen-bond acceptors (Lipinski definition) is 3. The molecule has 0 aliphatic carbocycles. The lowest BCUT2D eigenvalue weighted by atomic mass is 10.2. The van der Waals surface area contributed by atoms with Crippen molar-refractivity contribution in [3.8, 4) is 5.75 Å². The highest BCUT2D eigenvalue weighted by Gasteiger charge is 2.39. The van der Waals surface area contributed by atoms with Gasteiger partial charge in [0.15, 0.2) is 0 Å². The van der Waals surface area contributed by atoms with Gasteiger partial charge in [-0.25, -0.2) is 4.79 Å². The molecule has 1 aromatic rings. The molecule has 0 aromatic heterocycles. The molecular weight excluding hydrogens is 280 g/mol. The molecule has 106 valence electrons. The Labute approximate surface area is 125 Å². The normalized spacial score (nSPS) is 15.2. The highest BCUT2D eigenvalue weighted by Crippen LogP contribution is 2.39. The van der Waals surface area contributed by atoms with Gasteiger partial charge in [-0.2, -0.15) is 0 Å². The molecule has 1 aromatic carbocycles. The molecule has 0 spiro atoms. The van der Waals surface area contributed by atoms with Gasteiger partial charge in [-0.1, -0.05) is 32.4 Å². The van der Waals surface area contributed by atoms with Crippen LogP contribution in [0.25, 0.3) is 0 Å². The van der Waals surface area contributed by atoms with E-state index in [0.717, 1.165) is 0 Å². The van der Waals surface area contributed by atoms with Crippen LogP contribution in [-0.4, -0.2) is 21.3 Å². The molecule has 19 heavy (non-hydrogen) atoms. The van der Waals surface area contributed by atoms with E-state index < -0.39 is 21.3 Å². The summed E-state index contributed by atoms with van der Waals surface area (Å²) in [4.78, 5) is 11.8. The first kappa shape index (κ1) is 11.8. The van der Waals surface area contributed by atoms with Gasteiger partial charge in [0.25, 0.3) is 8.32 Å². The van der Waals surface area contributed by atoms with Gasteiger partial charge in [0.2, 0.25) is 0 Å². The van der Waals surface area contributed by atoms with Crippen molar-refractivity contribution in [2.75, 3.05) is 7.04 Å². The number of rotatable bonds is 3. The molecule has 5 heteroatoms. The third-order valence-corrected chi connectivity index (χ3v) is 8.09. The Morgan fingerprint density at radius 1 is 1.37 bits per heavy atom. The number of carbonyl (C=O) groups is 1. The van der Waals surface area contributed by atoms with E-state index in [-0.39, 0.29) is 10.6 Å². The molecule has 0 bridgehead atoms. The van der Waals surface area contributed by atoms with Crippen molar-refractivity contribution in [2.24, 2.45) is 0 Å². The molecule has 0 N–H and O–H groups in total. The third-order valence-electron chi connectivity index (χ3n) is 3.43. The minimum atomic E-state index is -2.78. The van der Waals surface area contributed by atoms with Crippen LogP contribution < -0.4 is 4.43 Å². The quantitative estimate of drug-likeness (QED) is 0.609. The number of halogens is 1. The fraction of sp³-hybridized carbons (Fsp3) is 0.500. The van der Waals surface area contributed by atoms with Crippen LogP contribution in [0.2, 0.25) is 23.2 Å². The zero-order valence-corrected chi connectivity index (χ0v) is 13.6. The number of methoxy groups -OCH3 is 1. The second-order valence-electron chi connectivity index (χ2n) is 5.90. The van der Waals surface area contributed by atoms with Crippen LogP contribution in [0.3, 0.4) is 0 Å². The number of carbonyl (C=O) groups excluding carboxylic acids is 1. The smallest absolute Gasteiger partial charge is 0.337 e. The van der Waals surface area contributed by atoms with Crippen molar-refractivity contribution in [2.45, 2.75) is 38.9 Å². The lowest BCUT2D eigenvalue weighted by Gasteiger charge is -2.36. The topological polar surface area (TPSA) is 35.5 Å². The van der Waals surface area contributed by atoms with Crippen molar-refractivity contribution in [3.05, 3.63) is 28.8 Å². The fourth-order valence-corrected chi connectivity index (χ4v) is 2.44. The summed E-state index contributed by atoms with van der Waals surface area (Å²) in [5, 5.41) is 0.334. The molecule has 1 rings (SSSR count). The van der Waals surface area contributed by atoms with Gasteiger partial charge in [-0.15, -0.1) is 0 Å². The van der Waals surface area contributed by atoms with E-state index >= 15 is 0 Å². The number of hydrogen-bond donors (Lipinski definition) is 0. The summed E-state index contributed by atoms with van der Waals surface area (Å²) < 4.78 is 31.4. The van der Waals surface area contributed by atoms with Crippen LogP contribution in [-0.2, 0) is 4.74 Å². The van der Waals surface area contributed by atoms with Crippen molar-refractivity contribution in [1.29, 1.82) is 0 Å². The molecular formula is C14H21ClO3Si. The largest absolute Gasteiger partial charge is 0.542 e. The zero-order chi connectivity index (χ0) is 17.3. The Kier molecular flexibility index (Phi) is 3.44. The average Bonchev–Trinajstić information content (AvgIpc) is 2.27. The molecule has 0 aliphatic heterocycles. The molecule has 3 nitrogen and oxygen atoms in total. The number of esters is 1. The van der Waals surface area contributed by atoms with E-state index in [9.17, 15) is 4.79 Å². The van der Waals surface area contributed by atoms with Crippen LogP contribution in [0.4, 0.5) is 0 Å². The molecule has 0 atom stereocenters. The second kappa shape index (κ2) is 5.55. The van der Waals surface area contributed by atoms with E-state index in [1.54, 1.807) is 0 Å². The predicted octanol–water partition coefficient (Wildman–Crippen LogP) is 4.51. The number of ether oxygens (including phenoxy) is 1. The van der Waals surface area contributed by atoms with Crippen LogP contribution in [0.15, 0.2) is 18.2 Å². The summed E-state index contributed by atoms with van der Waals surface area (Å²) in [6.07, 6.45) is 0. The van der Waals surface area contributed by atoms with Gasteiger partial charge in [0.05, 0.1) is 21.7 Å². The first-order chi connectivity index (χ1) is 9.73. The van der Waals surface area contributed by atoms with Crippen molar-refractivity contribution in [1.82, 2.24) is 0 Å². The molecule has 0 heterocycles. The van der Waals surface area contributed by atoms with E-state index in [4.69, 9.17) is 20.1 Å². The second-order valence-corrected chi connectivity index (χ2v) is 11.0. The van der Waals surface area contributed by atoms with Crippen molar-refractivity contribution >= 4 is 25.9 Å². The summed E-state index contributed by atoms with van der Waals surface area (Å²) in [7, 11) is -4.91. The minimum absolute atomic E-state index is 0.0362. The first-order valence-corrected chi connectivity index (χ1v) is 9.23. The number of benzene rings is 1. The standard InChI is InChI=1S/C14H21ClO3Si/c1-14(2,3)19(5,6)18-12-9-10(13(16)17-4)7-8-11(12)15/h7-9H,1-6H3/i4D3. The Morgan fingerprint density at radius 2 is 2.00 bits per heavy atom. The fourth-order valence-electron chi connectivity index (χ4n) is 1.20. The monoisotopic (exact) mass is 303 g/mol. The molecule has 0 radical (unpaired) electrons. The Morgan fingerprint density at radius 3 is 2.53 bits per heavy atom. The van der Waals surface area contributed by atoms with Gasteiger partial charge in [-0.05, 0) is 36.3 Å². The maximum atomic E-state index is 11.8. The van der Waals surface area contributed by atoms with E-state index in [1.165, 1.54) is 18.2 Å². The molecule has 0 saturated heterocycles. The van der Waals surface area contributed by atoms with Gasteiger partial charge in [0.1, 0.15) is 5.75 Å². The molecule has 0 fully saturated rings. The van der Waals surface area contributed by atoms with Crippen LogP contribution >= 0.6 is 11.6 Å². The van der Waals surface area contributed by atoms with E-state index in [2.05, 4.69) is 38.6 Å². The Bertz CT molecular complexity index is 565. The van der Waals surface area contributed by atoms with Gasteiger partial charge in [0, 0.05) is 0 Å². The van der Waals surface area contributed by atoms with Crippen LogP contribution in [0, 0.1) is 0 Å². The highest BCUT2D eigenvalue weighted by molar-refractivity contribution is 6.74. The predicted molar refractivity (Wildman–Crippen MR) is 80.6 cm³/mol. The summed E-state index contributed by atoms with van der Waals surface area (Å²) in [5.41, 5.74) is 0.0919. The van der Waals surface area contributed by atoms with Crippen molar-refractivity contribution in [3.63, 3.8) is 0 Å². The molecule has 0 saturated carbocycles. The average molecular weight is 304 g/mol. The Hall–Kier alpha value is -1.00. The van der Waals surface area contributed by atoms with Crippen molar-refractivity contribution < 1.29 is 18.1 Å². The van der Waals surface area contributed by atoms with Gasteiger partial charge >= 0.3 is 5.97 Å². The third kappa shape index (κ3) is 3.73. The van der Waals surface area contributed by atoms with E-state index in [0.29, 0.717) is 10.8 Å². The zero-order valence-electron chi connectivity index (χ0n) is 14.8. The van der Waals surface area contributed by atoms with E-state index in [1.807, 2.05) is 0 Å². The summed E-state index contributed by atoms with van der Waals surface area (Å²) >= 11 is 6.12. The summed E-state index contributed by atoms with van der Waals surface area (Å²) in [6, 6.07) is 4.34. The highest BCUT2D eigenvalue weighted by atomic mass is 35.5. The first-order valence-electron chi connectivity index (χ1n) is 7.45. The molecule has 0 amide bonds. The molecule has 0 unspecified atom stereocenters.